The average molecular weight is 387 g/mol. The second-order valence-electron chi connectivity index (χ2n) is 5.29. The first-order valence-electron chi connectivity index (χ1n) is 7.11. The molecular weight excluding hydrogens is 369 g/mol. The first kappa shape index (κ1) is 14.5. The fraction of sp³-hybridized carbons (Fsp3) is 0.158. The van der Waals surface area contributed by atoms with Gasteiger partial charge in [0.05, 0.1) is 6.04 Å². The number of halogens is 1. The van der Waals surface area contributed by atoms with Crippen LogP contribution >= 0.6 is 22.6 Å². The van der Waals surface area contributed by atoms with Crippen LogP contribution in [0.25, 0.3) is 10.8 Å². The maximum atomic E-state index is 3.48. The number of benzene rings is 3. The predicted molar refractivity (Wildman–Crippen MR) is 98.7 cm³/mol. The lowest BCUT2D eigenvalue weighted by atomic mass is 9.90. The largest absolute Gasteiger partial charge is 0.309 e. The normalized spacial score (nSPS) is 12.5. The zero-order chi connectivity index (χ0) is 14.8. The summed E-state index contributed by atoms with van der Waals surface area (Å²) in [6.45, 7) is 2.19. The highest BCUT2D eigenvalue weighted by molar-refractivity contribution is 14.1. The van der Waals surface area contributed by atoms with Gasteiger partial charge in [-0.2, -0.15) is 0 Å². The smallest absolute Gasteiger partial charge is 0.0583 e. The summed E-state index contributed by atoms with van der Waals surface area (Å²) < 4.78 is 1.26. The van der Waals surface area contributed by atoms with Crippen molar-refractivity contribution in [2.75, 3.05) is 7.05 Å². The van der Waals surface area contributed by atoms with Gasteiger partial charge in [0.2, 0.25) is 0 Å². The first-order chi connectivity index (χ1) is 10.2. The molecule has 0 aliphatic rings. The minimum Gasteiger partial charge on any atom is -0.309 e. The van der Waals surface area contributed by atoms with Crippen molar-refractivity contribution < 1.29 is 0 Å². The van der Waals surface area contributed by atoms with Gasteiger partial charge in [0, 0.05) is 3.57 Å². The number of aryl methyl sites for hydroxylation is 1. The summed E-state index contributed by atoms with van der Waals surface area (Å²) in [5, 5.41) is 6.11. The molecule has 0 bridgehead atoms. The highest BCUT2D eigenvalue weighted by Crippen LogP contribution is 2.31. The molecule has 0 fully saturated rings. The number of fused-ring (bicyclic) bond motifs is 1. The van der Waals surface area contributed by atoms with Gasteiger partial charge in [0.15, 0.2) is 0 Å². The lowest BCUT2D eigenvalue weighted by Crippen LogP contribution is -2.19. The predicted octanol–water partition coefficient (Wildman–Crippen LogP) is 5.06. The van der Waals surface area contributed by atoms with Gasteiger partial charge in [-0.15, -0.1) is 0 Å². The third-order valence-corrected chi connectivity index (χ3v) is 4.69. The lowest BCUT2D eigenvalue weighted by molar-refractivity contribution is 0.693. The van der Waals surface area contributed by atoms with Gasteiger partial charge < -0.3 is 5.32 Å². The zero-order valence-corrected chi connectivity index (χ0v) is 14.4. The topological polar surface area (TPSA) is 12.0 Å². The highest BCUT2D eigenvalue weighted by atomic mass is 127. The third-order valence-electron chi connectivity index (χ3n) is 3.97. The minimum atomic E-state index is 0.216. The van der Waals surface area contributed by atoms with E-state index in [2.05, 4.69) is 95.5 Å². The van der Waals surface area contributed by atoms with Crippen LogP contribution in [0.3, 0.4) is 0 Å². The van der Waals surface area contributed by atoms with E-state index in [4.69, 9.17) is 0 Å². The molecule has 2 heteroatoms. The Labute approximate surface area is 139 Å². The fourth-order valence-corrected chi connectivity index (χ4v) is 3.28. The summed E-state index contributed by atoms with van der Waals surface area (Å²) in [5.41, 5.74) is 4.00. The van der Waals surface area contributed by atoms with E-state index in [-0.39, 0.29) is 6.04 Å². The zero-order valence-electron chi connectivity index (χ0n) is 12.2. The molecule has 3 aromatic carbocycles. The summed E-state index contributed by atoms with van der Waals surface area (Å²) in [7, 11) is 2.03. The molecule has 0 aliphatic carbocycles. The lowest BCUT2D eigenvalue weighted by Gasteiger charge is -2.22. The van der Waals surface area contributed by atoms with E-state index in [9.17, 15) is 0 Å². The van der Waals surface area contributed by atoms with Crippen molar-refractivity contribution in [1.29, 1.82) is 0 Å². The van der Waals surface area contributed by atoms with Crippen molar-refractivity contribution in [1.82, 2.24) is 5.32 Å². The summed E-state index contributed by atoms with van der Waals surface area (Å²) in [4.78, 5) is 0. The van der Waals surface area contributed by atoms with E-state index >= 15 is 0 Å². The number of nitrogens with one attached hydrogen (secondary N) is 1. The molecule has 1 nitrogen and oxygen atoms in total. The maximum absolute atomic E-state index is 3.48. The molecule has 0 radical (unpaired) electrons. The maximum Gasteiger partial charge on any atom is 0.0583 e. The van der Waals surface area contributed by atoms with Gasteiger partial charge in [-0.25, -0.2) is 0 Å². The van der Waals surface area contributed by atoms with Crippen LogP contribution in [0.1, 0.15) is 22.7 Å². The van der Waals surface area contributed by atoms with E-state index in [1.807, 2.05) is 7.05 Å². The van der Waals surface area contributed by atoms with Gasteiger partial charge in [-0.05, 0) is 76.2 Å². The number of hydrogen-bond acceptors (Lipinski definition) is 1. The molecule has 0 spiro atoms. The first-order valence-corrected chi connectivity index (χ1v) is 8.19. The van der Waals surface area contributed by atoms with Gasteiger partial charge in [-0.3, -0.25) is 0 Å². The van der Waals surface area contributed by atoms with E-state index in [0.717, 1.165) is 0 Å². The van der Waals surface area contributed by atoms with Crippen LogP contribution in [0.5, 0.6) is 0 Å². The van der Waals surface area contributed by atoms with E-state index < -0.39 is 0 Å². The third kappa shape index (κ3) is 2.83. The van der Waals surface area contributed by atoms with Gasteiger partial charge in [-0.1, -0.05) is 48.5 Å². The molecule has 0 saturated carbocycles. The quantitative estimate of drug-likeness (QED) is 0.620. The molecule has 21 heavy (non-hydrogen) atoms. The Kier molecular flexibility index (Phi) is 4.27. The van der Waals surface area contributed by atoms with E-state index in [1.54, 1.807) is 0 Å². The second kappa shape index (κ2) is 6.16. The Bertz CT molecular complexity index is 762. The van der Waals surface area contributed by atoms with Crippen LogP contribution < -0.4 is 5.32 Å². The van der Waals surface area contributed by atoms with Crippen molar-refractivity contribution in [2.45, 2.75) is 13.0 Å². The minimum absolute atomic E-state index is 0.216. The standard InChI is InChI=1S/C19H18IN/c1-13-7-8-14-5-3-4-6-17(14)18(13)19(21-2)15-9-11-16(20)12-10-15/h3-12,19,21H,1-2H3. The van der Waals surface area contributed by atoms with Crippen molar-refractivity contribution in [3.63, 3.8) is 0 Å². The van der Waals surface area contributed by atoms with Gasteiger partial charge in [0.1, 0.15) is 0 Å². The summed E-state index contributed by atoms with van der Waals surface area (Å²) in [5.74, 6) is 0. The van der Waals surface area contributed by atoms with Crippen LogP contribution in [-0.2, 0) is 0 Å². The highest BCUT2D eigenvalue weighted by Gasteiger charge is 2.16. The molecule has 0 aliphatic heterocycles. The monoisotopic (exact) mass is 387 g/mol. The Morgan fingerprint density at radius 1 is 0.905 bits per heavy atom. The summed E-state index contributed by atoms with van der Waals surface area (Å²) in [6.07, 6.45) is 0. The van der Waals surface area contributed by atoms with Crippen LogP contribution in [0, 0.1) is 10.5 Å². The summed E-state index contributed by atoms with van der Waals surface area (Å²) in [6, 6.07) is 22.0. The molecule has 1 N–H and O–H groups in total. The molecule has 3 rings (SSSR count). The van der Waals surface area contributed by atoms with Crippen LogP contribution in [0.4, 0.5) is 0 Å². The van der Waals surface area contributed by atoms with Crippen LogP contribution in [-0.4, -0.2) is 7.05 Å². The van der Waals surface area contributed by atoms with Gasteiger partial charge in [0.25, 0.3) is 0 Å². The van der Waals surface area contributed by atoms with Crippen molar-refractivity contribution in [3.8, 4) is 0 Å². The molecule has 106 valence electrons. The van der Waals surface area contributed by atoms with Crippen LogP contribution in [0.2, 0.25) is 0 Å². The number of rotatable bonds is 3. The molecule has 0 aromatic heterocycles. The summed E-state index contributed by atoms with van der Waals surface area (Å²) >= 11 is 2.35. The number of hydrogen-bond donors (Lipinski definition) is 1. The Morgan fingerprint density at radius 3 is 2.33 bits per heavy atom. The molecule has 0 heterocycles. The van der Waals surface area contributed by atoms with Crippen molar-refractivity contribution >= 4 is 33.4 Å². The van der Waals surface area contributed by atoms with E-state index in [0.29, 0.717) is 0 Å². The molecular formula is C19H18IN. The molecule has 1 atom stereocenters. The van der Waals surface area contributed by atoms with E-state index in [1.165, 1.54) is 31.0 Å². The van der Waals surface area contributed by atoms with Gasteiger partial charge >= 0.3 is 0 Å². The molecule has 3 aromatic rings. The Morgan fingerprint density at radius 2 is 1.62 bits per heavy atom. The van der Waals surface area contributed by atoms with Crippen molar-refractivity contribution in [3.05, 3.63) is 80.9 Å². The SMILES string of the molecule is CNC(c1ccc(I)cc1)c1c(C)ccc2ccccc12. The fourth-order valence-electron chi connectivity index (χ4n) is 2.92. The Hall–Kier alpha value is -1.39. The average Bonchev–Trinajstić information content (AvgIpc) is 2.52. The second-order valence-corrected chi connectivity index (χ2v) is 6.54. The molecule has 0 amide bonds. The van der Waals surface area contributed by atoms with Crippen LogP contribution in [0.15, 0.2) is 60.7 Å². The molecule has 1 unspecified atom stereocenters. The molecule has 0 saturated heterocycles. The van der Waals surface area contributed by atoms with Crippen molar-refractivity contribution in [2.24, 2.45) is 0 Å². The Balaban J connectivity index is 2.21.